The Kier molecular flexibility index (Phi) is 5.78. The lowest BCUT2D eigenvalue weighted by Gasteiger charge is -2.26. The minimum Gasteiger partial charge on any atom is -0.453 e. The molecule has 0 aliphatic heterocycles. The molecule has 2 saturated carbocycles. The van der Waals surface area contributed by atoms with Gasteiger partial charge in [0.1, 0.15) is 22.6 Å². The number of anilines is 3. The predicted molar refractivity (Wildman–Crippen MR) is 137 cm³/mol. The molecule has 4 aromatic rings. The zero-order valence-electron chi connectivity index (χ0n) is 20.6. The van der Waals surface area contributed by atoms with E-state index in [9.17, 15) is 18.8 Å². The number of pyridine rings is 1. The van der Waals surface area contributed by atoms with Crippen molar-refractivity contribution in [2.45, 2.75) is 25.7 Å². The number of fused-ring (bicyclic) bond motifs is 1. The van der Waals surface area contributed by atoms with E-state index in [1.807, 2.05) is 0 Å². The van der Waals surface area contributed by atoms with E-state index in [2.05, 4.69) is 10.3 Å². The Bertz CT molecular complexity index is 1630. The fraction of sp³-hybridized carbons (Fsp3) is 0.214. The summed E-state index contributed by atoms with van der Waals surface area (Å²) >= 11 is 0. The molecule has 0 spiro atoms. The molecule has 0 unspecified atom stereocenters. The van der Waals surface area contributed by atoms with Gasteiger partial charge in [0.25, 0.3) is 0 Å². The van der Waals surface area contributed by atoms with E-state index in [0.29, 0.717) is 17.2 Å². The Morgan fingerprint density at radius 2 is 1.72 bits per heavy atom. The number of ether oxygens (including phenoxy) is 1. The van der Waals surface area contributed by atoms with Crippen LogP contribution in [0.25, 0.3) is 5.65 Å². The summed E-state index contributed by atoms with van der Waals surface area (Å²) in [7, 11) is 0. The number of hydrogen-bond donors (Lipinski definition) is 2. The maximum atomic E-state index is 15.3. The number of nitrogens with one attached hydrogen (secondary N) is 1. The highest BCUT2D eigenvalue weighted by Gasteiger charge is 2.57. The second-order valence-electron chi connectivity index (χ2n) is 9.80. The van der Waals surface area contributed by atoms with Crippen molar-refractivity contribution in [3.63, 3.8) is 0 Å². The Hall–Kier alpha value is -4.80. The molecular weight excluding hydrogens is 508 g/mol. The van der Waals surface area contributed by atoms with Gasteiger partial charge in [-0.15, -0.1) is 0 Å². The third kappa shape index (κ3) is 4.67. The predicted octanol–water partition coefficient (Wildman–Crippen LogP) is 4.68. The maximum Gasteiger partial charge on any atom is 0.247 e. The number of hydrogen-bond acceptors (Lipinski definition) is 5. The third-order valence-corrected chi connectivity index (χ3v) is 6.94. The van der Waals surface area contributed by atoms with E-state index >= 15 is 4.39 Å². The molecule has 3 N–H and O–H groups in total. The minimum atomic E-state index is -1.38. The summed E-state index contributed by atoms with van der Waals surface area (Å²) in [5, 5.41) is 2.78. The van der Waals surface area contributed by atoms with Crippen LogP contribution in [0.1, 0.15) is 25.7 Å². The van der Waals surface area contributed by atoms with Crippen LogP contribution in [0.15, 0.2) is 67.0 Å². The summed E-state index contributed by atoms with van der Waals surface area (Å²) < 4.78 is 36.2. The first-order valence-corrected chi connectivity index (χ1v) is 12.4. The van der Waals surface area contributed by atoms with E-state index in [4.69, 9.17) is 10.5 Å². The van der Waals surface area contributed by atoms with Crippen molar-refractivity contribution < 1.29 is 27.9 Å². The van der Waals surface area contributed by atoms with Crippen LogP contribution in [0.4, 0.5) is 26.0 Å². The highest BCUT2D eigenvalue weighted by molar-refractivity contribution is 6.16. The highest BCUT2D eigenvalue weighted by Crippen LogP contribution is 2.49. The number of carbonyl (C=O) groups is 3. The molecule has 2 fully saturated rings. The minimum absolute atomic E-state index is 0.0412. The molecule has 11 heteroatoms. The summed E-state index contributed by atoms with van der Waals surface area (Å²) in [5.41, 5.74) is 5.09. The number of amides is 3. The summed E-state index contributed by atoms with van der Waals surface area (Å²) in [6.07, 6.45) is 5.56. The van der Waals surface area contributed by atoms with Crippen molar-refractivity contribution in [3.05, 3.63) is 78.6 Å². The molecule has 0 saturated heterocycles. The van der Waals surface area contributed by atoms with E-state index in [0.717, 1.165) is 18.9 Å². The standard InChI is InChI=1S/C28H23F2N5O4/c29-17-3-5-18(6-4-17)35(27(38)28(11-12-28)26(31)37)19-7-9-22(21(30)13-19)39-20-8-10-24-32-23(15-34(24)14-20)33-25(36)16-1-2-16/h3-10,13-16H,1-2,11-12H2,(H2,31,37)(H,33,36). The molecule has 2 aromatic heterocycles. The van der Waals surface area contributed by atoms with Crippen molar-refractivity contribution in [1.29, 1.82) is 0 Å². The average Bonchev–Trinajstić information content (AvgIpc) is 3.83. The monoisotopic (exact) mass is 531 g/mol. The lowest BCUT2D eigenvalue weighted by atomic mass is 10.0. The van der Waals surface area contributed by atoms with Crippen molar-refractivity contribution in [3.8, 4) is 11.5 Å². The van der Waals surface area contributed by atoms with Gasteiger partial charge in [-0.2, -0.15) is 0 Å². The molecule has 2 aliphatic rings. The Morgan fingerprint density at radius 1 is 1.00 bits per heavy atom. The number of primary amides is 1. The maximum absolute atomic E-state index is 15.3. The molecule has 6 rings (SSSR count). The molecule has 2 aromatic carbocycles. The summed E-state index contributed by atoms with van der Waals surface area (Å²) in [4.78, 5) is 43.0. The molecule has 39 heavy (non-hydrogen) atoms. The van der Waals surface area contributed by atoms with Gasteiger partial charge in [-0.3, -0.25) is 19.3 Å². The van der Waals surface area contributed by atoms with Crippen LogP contribution in [0.3, 0.4) is 0 Å². The zero-order valence-corrected chi connectivity index (χ0v) is 20.6. The first-order valence-electron chi connectivity index (χ1n) is 12.4. The summed E-state index contributed by atoms with van der Waals surface area (Å²) in [5.74, 6) is -2.05. The fourth-order valence-electron chi connectivity index (χ4n) is 4.38. The van der Waals surface area contributed by atoms with Gasteiger partial charge in [0.05, 0.1) is 18.1 Å². The number of rotatable bonds is 8. The van der Waals surface area contributed by atoms with E-state index in [-0.39, 0.29) is 41.8 Å². The molecule has 2 aliphatic carbocycles. The van der Waals surface area contributed by atoms with Crippen LogP contribution in [-0.4, -0.2) is 27.1 Å². The second-order valence-corrected chi connectivity index (χ2v) is 9.80. The van der Waals surface area contributed by atoms with Gasteiger partial charge < -0.3 is 20.2 Å². The van der Waals surface area contributed by atoms with Crippen molar-refractivity contribution in [2.24, 2.45) is 17.1 Å². The number of carbonyl (C=O) groups excluding carboxylic acids is 3. The van der Waals surface area contributed by atoms with Crippen LogP contribution in [0.2, 0.25) is 0 Å². The van der Waals surface area contributed by atoms with E-state index < -0.39 is 28.9 Å². The van der Waals surface area contributed by atoms with Gasteiger partial charge in [-0.1, -0.05) is 0 Å². The summed E-state index contributed by atoms with van der Waals surface area (Å²) in [6.45, 7) is 0. The van der Waals surface area contributed by atoms with Crippen molar-refractivity contribution in [1.82, 2.24) is 9.38 Å². The van der Waals surface area contributed by atoms with Crippen LogP contribution < -0.4 is 20.7 Å². The van der Waals surface area contributed by atoms with Gasteiger partial charge >= 0.3 is 0 Å². The number of nitrogens with two attached hydrogens (primary N) is 1. The second kappa shape index (κ2) is 9.19. The van der Waals surface area contributed by atoms with Crippen molar-refractivity contribution in [2.75, 3.05) is 10.2 Å². The van der Waals surface area contributed by atoms with Crippen molar-refractivity contribution >= 4 is 40.6 Å². The average molecular weight is 532 g/mol. The van der Waals surface area contributed by atoms with Crippen LogP contribution in [-0.2, 0) is 14.4 Å². The lowest BCUT2D eigenvalue weighted by molar-refractivity contribution is -0.133. The largest absolute Gasteiger partial charge is 0.453 e. The van der Waals surface area contributed by atoms with Gasteiger partial charge in [-0.05, 0) is 74.2 Å². The Balaban J connectivity index is 1.26. The zero-order chi connectivity index (χ0) is 27.3. The molecule has 0 radical (unpaired) electrons. The summed E-state index contributed by atoms with van der Waals surface area (Å²) in [6, 6.07) is 12.3. The number of halogens is 2. The van der Waals surface area contributed by atoms with Crippen LogP contribution >= 0.6 is 0 Å². The molecule has 3 amide bonds. The van der Waals surface area contributed by atoms with Gasteiger partial charge in [0.2, 0.25) is 17.7 Å². The molecular formula is C28H23F2N5O4. The Labute approximate surface area is 221 Å². The molecule has 198 valence electrons. The SMILES string of the molecule is NC(=O)C1(C(=O)N(c2ccc(F)cc2)c2ccc(Oc3ccc4nc(NC(=O)C5CC5)cn4c3)c(F)c2)CC1. The number of nitrogens with zero attached hydrogens (tertiary/aromatic N) is 3. The first kappa shape index (κ1) is 24.5. The molecule has 0 atom stereocenters. The van der Waals surface area contributed by atoms with Crippen LogP contribution in [0, 0.1) is 23.0 Å². The Morgan fingerprint density at radius 3 is 2.36 bits per heavy atom. The van der Waals surface area contributed by atoms with Crippen LogP contribution in [0.5, 0.6) is 11.5 Å². The normalized spacial score (nSPS) is 15.5. The quantitative estimate of drug-likeness (QED) is 0.320. The molecule has 0 bridgehead atoms. The topological polar surface area (TPSA) is 119 Å². The lowest BCUT2D eigenvalue weighted by Crippen LogP contribution is -2.41. The first-order chi connectivity index (χ1) is 18.7. The number of benzene rings is 2. The third-order valence-electron chi connectivity index (χ3n) is 6.94. The number of aromatic nitrogens is 2. The van der Waals surface area contributed by atoms with E-state index in [1.54, 1.807) is 28.9 Å². The highest BCUT2D eigenvalue weighted by atomic mass is 19.1. The number of imidazole rings is 1. The fourth-order valence-corrected chi connectivity index (χ4v) is 4.38. The van der Waals surface area contributed by atoms with Gasteiger partial charge in [0, 0.05) is 17.7 Å². The van der Waals surface area contributed by atoms with E-state index in [1.165, 1.54) is 41.3 Å². The van der Waals surface area contributed by atoms with Gasteiger partial charge in [-0.25, -0.2) is 13.8 Å². The molecule has 2 heterocycles. The smallest absolute Gasteiger partial charge is 0.247 e. The van der Waals surface area contributed by atoms with Gasteiger partial charge in [0.15, 0.2) is 17.4 Å². The molecule has 9 nitrogen and oxygen atoms in total.